The molecule has 12 heavy (non-hydrogen) atoms. The molecule has 0 aromatic carbocycles. The minimum Gasteiger partial charge on any atom is -0.103 e. The van der Waals surface area contributed by atoms with Crippen molar-refractivity contribution in [3.8, 4) is 11.8 Å². The normalized spacial score (nSPS) is 12.9. The molecule has 0 aliphatic heterocycles. The average Bonchev–Trinajstić information content (AvgIpc) is 1.97. The Morgan fingerprint density at radius 2 is 1.58 bits per heavy atom. The fourth-order valence-electron chi connectivity index (χ4n) is 0.909. The molecule has 0 saturated heterocycles. The van der Waals surface area contributed by atoms with Crippen LogP contribution in [0.2, 0.25) is 0 Å². The highest BCUT2D eigenvalue weighted by atomic mass is 14.1. The molecule has 1 atom stereocenters. The zero-order chi connectivity index (χ0) is 9.56. The molecular weight excluding hydrogens is 144 g/mol. The third kappa shape index (κ3) is 6.28. The molecule has 0 amide bonds. The summed E-state index contributed by atoms with van der Waals surface area (Å²) in [6.07, 6.45) is 2.31. The Balaban J connectivity index is 3.51. The Morgan fingerprint density at radius 3 is 2.00 bits per heavy atom. The first-order valence-electron chi connectivity index (χ1n) is 5.02. The molecule has 0 bridgehead atoms. The molecule has 0 heteroatoms. The van der Waals surface area contributed by atoms with E-state index >= 15 is 0 Å². The van der Waals surface area contributed by atoms with E-state index in [1.54, 1.807) is 0 Å². The van der Waals surface area contributed by atoms with Crippen molar-refractivity contribution in [2.75, 3.05) is 0 Å². The highest BCUT2D eigenvalue weighted by Crippen LogP contribution is 2.15. The van der Waals surface area contributed by atoms with Crippen LogP contribution < -0.4 is 0 Å². The largest absolute Gasteiger partial charge is 0.103 e. The van der Waals surface area contributed by atoms with Crippen LogP contribution in [-0.4, -0.2) is 0 Å². The predicted molar refractivity (Wildman–Crippen MR) is 55.9 cm³/mol. The predicted octanol–water partition coefficient (Wildman–Crippen LogP) is 3.72. The van der Waals surface area contributed by atoms with Crippen LogP contribution in [-0.2, 0) is 0 Å². The van der Waals surface area contributed by atoms with Crippen LogP contribution in [0.4, 0.5) is 0 Å². The van der Waals surface area contributed by atoms with Gasteiger partial charge in [0.15, 0.2) is 0 Å². The minimum atomic E-state index is 0.527. The fraction of sp³-hybridized carbons (Fsp3) is 0.833. The van der Waals surface area contributed by atoms with E-state index in [0.717, 1.165) is 18.3 Å². The summed E-state index contributed by atoms with van der Waals surface area (Å²) in [6, 6.07) is 0. The van der Waals surface area contributed by atoms with E-state index in [1.165, 1.54) is 6.42 Å². The fourth-order valence-corrected chi connectivity index (χ4v) is 0.909. The van der Waals surface area contributed by atoms with Gasteiger partial charge in [-0.1, -0.05) is 34.6 Å². The van der Waals surface area contributed by atoms with Gasteiger partial charge in [-0.2, -0.15) is 0 Å². The van der Waals surface area contributed by atoms with Crippen LogP contribution in [0.3, 0.4) is 0 Å². The lowest BCUT2D eigenvalue weighted by Crippen LogP contribution is -2.02. The Morgan fingerprint density at radius 1 is 1.00 bits per heavy atom. The van der Waals surface area contributed by atoms with E-state index in [0.29, 0.717) is 5.92 Å². The molecule has 0 radical (unpaired) electrons. The van der Waals surface area contributed by atoms with E-state index in [1.807, 2.05) is 0 Å². The lowest BCUT2D eigenvalue weighted by Gasteiger charge is -2.12. The van der Waals surface area contributed by atoms with Crippen molar-refractivity contribution in [3.05, 3.63) is 0 Å². The summed E-state index contributed by atoms with van der Waals surface area (Å²) in [5, 5.41) is 0. The zero-order valence-corrected chi connectivity index (χ0v) is 9.15. The minimum absolute atomic E-state index is 0.527. The Kier molecular flexibility index (Phi) is 5.89. The van der Waals surface area contributed by atoms with Crippen molar-refractivity contribution < 1.29 is 0 Å². The van der Waals surface area contributed by atoms with E-state index in [-0.39, 0.29) is 0 Å². The van der Waals surface area contributed by atoms with Crippen molar-refractivity contribution in [2.24, 2.45) is 17.8 Å². The Bertz CT molecular complexity index is 155. The van der Waals surface area contributed by atoms with Crippen LogP contribution in [0.5, 0.6) is 0 Å². The first-order valence-corrected chi connectivity index (χ1v) is 5.02. The van der Waals surface area contributed by atoms with Gasteiger partial charge in [0.2, 0.25) is 0 Å². The zero-order valence-electron chi connectivity index (χ0n) is 9.15. The highest BCUT2D eigenvalue weighted by molar-refractivity contribution is 5.01. The second-order valence-electron chi connectivity index (χ2n) is 4.24. The molecule has 0 aliphatic rings. The molecule has 0 saturated carbocycles. The van der Waals surface area contributed by atoms with E-state index in [2.05, 4.69) is 46.5 Å². The molecule has 0 heterocycles. The monoisotopic (exact) mass is 166 g/mol. The lowest BCUT2D eigenvalue weighted by molar-refractivity contribution is 0.397. The van der Waals surface area contributed by atoms with Gasteiger partial charge in [-0.3, -0.25) is 0 Å². The molecule has 70 valence electrons. The first-order chi connectivity index (χ1) is 5.54. The Hall–Kier alpha value is -0.440. The topological polar surface area (TPSA) is 0 Å². The number of hydrogen-bond acceptors (Lipinski definition) is 0. The third-order valence-electron chi connectivity index (χ3n) is 2.25. The van der Waals surface area contributed by atoms with Gasteiger partial charge in [-0.05, 0) is 18.3 Å². The van der Waals surface area contributed by atoms with Crippen molar-refractivity contribution >= 4 is 0 Å². The van der Waals surface area contributed by atoms with Gasteiger partial charge in [0.25, 0.3) is 0 Å². The van der Waals surface area contributed by atoms with Crippen molar-refractivity contribution in [1.82, 2.24) is 0 Å². The second kappa shape index (κ2) is 6.12. The summed E-state index contributed by atoms with van der Waals surface area (Å²) in [6.45, 7) is 11.1. The molecule has 0 fully saturated rings. The van der Waals surface area contributed by atoms with Crippen LogP contribution in [0, 0.1) is 29.6 Å². The molecule has 0 unspecified atom stereocenters. The molecule has 0 rings (SSSR count). The van der Waals surface area contributed by atoms with E-state index in [9.17, 15) is 0 Å². The highest BCUT2D eigenvalue weighted by Gasteiger charge is 2.04. The molecule has 0 nitrogen and oxygen atoms in total. The van der Waals surface area contributed by atoms with Crippen LogP contribution in [0.15, 0.2) is 0 Å². The van der Waals surface area contributed by atoms with Crippen LogP contribution in [0.25, 0.3) is 0 Å². The van der Waals surface area contributed by atoms with Crippen molar-refractivity contribution in [1.29, 1.82) is 0 Å². The number of rotatable bonds is 3. The standard InChI is InChI=1S/C12H22/c1-10(2)8-6-7-9-12(5)11(3)4/h10-12H,7,9H2,1-5H3/t12-/m1/s1. The molecular formula is C12H22. The summed E-state index contributed by atoms with van der Waals surface area (Å²) >= 11 is 0. The van der Waals surface area contributed by atoms with Gasteiger partial charge < -0.3 is 0 Å². The van der Waals surface area contributed by atoms with Crippen molar-refractivity contribution in [2.45, 2.75) is 47.5 Å². The summed E-state index contributed by atoms with van der Waals surface area (Å²) in [5.41, 5.74) is 0. The quantitative estimate of drug-likeness (QED) is 0.561. The van der Waals surface area contributed by atoms with Gasteiger partial charge in [0.1, 0.15) is 0 Å². The van der Waals surface area contributed by atoms with Gasteiger partial charge >= 0.3 is 0 Å². The van der Waals surface area contributed by atoms with Crippen molar-refractivity contribution in [3.63, 3.8) is 0 Å². The van der Waals surface area contributed by atoms with Gasteiger partial charge in [-0.15, -0.1) is 11.8 Å². The molecule has 0 aromatic rings. The van der Waals surface area contributed by atoms with Crippen LogP contribution >= 0.6 is 0 Å². The van der Waals surface area contributed by atoms with Gasteiger partial charge in [0.05, 0.1) is 0 Å². The maximum absolute atomic E-state index is 3.22. The third-order valence-corrected chi connectivity index (χ3v) is 2.25. The van der Waals surface area contributed by atoms with Gasteiger partial charge in [0, 0.05) is 12.3 Å². The number of hydrogen-bond donors (Lipinski definition) is 0. The maximum atomic E-state index is 3.22. The summed E-state index contributed by atoms with van der Waals surface area (Å²) in [7, 11) is 0. The molecule has 0 aliphatic carbocycles. The first kappa shape index (κ1) is 11.6. The lowest BCUT2D eigenvalue weighted by atomic mass is 9.93. The average molecular weight is 166 g/mol. The molecule has 0 spiro atoms. The summed E-state index contributed by atoms with van der Waals surface area (Å²) in [4.78, 5) is 0. The summed E-state index contributed by atoms with van der Waals surface area (Å²) in [5.74, 6) is 8.55. The smallest absolute Gasteiger partial charge is 0.0146 e. The van der Waals surface area contributed by atoms with Crippen LogP contribution in [0.1, 0.15) is 47.5 Å². The van der Waals surface area contributed by atoms with Gasteiger partial charge in [-0.25, -0.2) is 0 Å². The maximum Gasteiger partial charge on any atom is 0.0146 e. The SMILES string of the molecule is CC(C)C#CCC[C@@H](C)C(C)C. The second-order valence-corrected chi connectivity index (χ2v) is 4.24. The van der Waals surface area contributed by atoms with E-state index < -0.39 is 0 Å². The Labute approximate surface area is 77.8 Å². The summed E-state index contributed by atoms with van der Waals surface area (Å²) < 4.78 is 0. The molecule has 0 aromatic heterocycles. The molecule has 0 N–H and O–H groups in total. The van der Waals surface area contributed by atoms with E-state index in [4.69, 9.17) is 0 Å².